The molecule has 9 heteroatoms. The Morgan fingerprint density at radius 3 is 2.86 bits per heavy atom. The lowest BCUT2D eigenvalue weighted by Gasteiger charge is -2.01. The summed E-state index contributed by atoms with van der Waals surface area (Å²) in [5.74, 6) is 2.39. The number of carbonyl (C=O) groups excluding carboxylic acids is 1. The van der Waals surface area contributed by atoms with E-state index in [4.69, 9.17) is 4.52 Å². The van der Waals surface area contributed by atoms with Gasteiger partial charge in [-0.05, 0) is 6.92 Å². The highest BCUT2D eigenvalue weighted by atomic mass is 32.2. The smallest absolute Gasteiger partial charge is 0.230 e. The number of H-pyrrole nitrogens is 1. The second-order valence-corrected chi connectivity index (χ2v) is 5.74. The van der Waals surface area contributed by atoms with E-state index in [1.165, 1.54) is 11.8 Å². The van der Waals surface area contributed by atoms with E-state index in [-0.39, 0.29) is 17.6 Å². The van der Waals surface area contributed by atoms with Crippen LogP contribution in [0.3, 0.4) is 0 Å². The van der Waals surface area contributed by atoms with Gasteiger partial charge in [0.1, 0.15) is 5.82 Å². The molecule has 2 heterocycles. The van der Waals surface area contributed by atoms with Crippen LogP contribution < -0.4 is 5.32 Å². The molecule has 2 aromatic heterocycles. The van der Waals surface area contributed by atoms with Crippen LogP contribution in [-0.4, -0.2) is 43.5 Å². The summed E-state index contributed by atoms with van der Waals surface area (Å²) in [4.78, 5) is 20.0. The summed E-state index contributed by atoms with van der Waals surface area (Å²) >= 11 is 1.29. The number of hydrogen-bond acceptors (Lipinski definition) is 7. The second kappa shape index (κ2) is 7.21. The van der Waals surface area contributed by atoms with Gasteiger partial charge in [-0.15, -0.1) is 5.10 Å². The minimum Gasteiger partial charge on any atom is -0.355 e. The van der Waals surface area contributed by atoms with Gasteiger partial charge in [-0.2, -0.15) is 4.98 Å². The van der Waals surface area contributed by atoms with Crippen molar-refractivity contribution in [1.29, 1.82) is 0 Å². The number of aryl methyl sites for hydroxylation is 1. The molecule has 21 heavy (non-hydrogen) atoms. The monoisotopic (exact) mass is 310 g/mol. The van der Waals surface area contributed by atoms with Crippen molar-refractivity contribution in [2.24, 2.45) is 0 Å². The van der Waals surface area contributed by atoms with Crippen LogP contribution in [0.4, 0.5) is 0 Å². The molecule has 0 aliphatic rings. The number of aromatic amines is 1. The van der Waals surface area contributed by atoms with Crippen molar-refractivity contribution in [3.8, 4) is 0 Å². The summed E-state index contributed by atoms with van der Waals surface area (Å²) < 4.78 is 5.10. The maximum Gasteiger partial charge on any atom is 0.230 e. The van der Waals surface area contributed by atoms with Gasteiger partial charge in [0.25, 0.3) is 0 Å². The van der Waals surface area contributed by atoms with Crippen LogP contribution in [-0.2, 0) is 11.2 Å². The van der Waals surface area contributed by atoms with Gasteiger partial charge in [-0.3, -0.25) is 9.89 Å². The topological polar surface area (TPSA) is 110 Å². The Hall–Kier alpha value is -1.90. The third kappa shape index (κ3) is 4.85. The van der Waals surface area contributed by atoms with Crippen LogP contribution in [0.5, 0.6) is 0 Å². The Bertz CT molecular complexity index is 594. The van der Waals surface area contributed by atoms with Crippen molar-refractivity contribution in [3.05, 3.63) is 17.5 Å². The summed E-state index contributed by atoms with van der Waals surface area (Å²) in [7, 11) is 0. The summed E-state index contributed by atoms with van der Waals surface area (Å²) in [6.45, 7) is 6.27. The van der Waals surface area contributed by atoms with Gasteiger partial charge >= 0.3 is 0 Å². The number of thioether (sulfide) groups is 1. The molecule has 0 aliphatic heterocycles. The number of amides is 1. The Morgan fingerprint density at radius 1 is 1.43 bits per heavy atom. The molecule has 0 bridgehead atoms. The van der Waals surface area contributed by atoms with Crippen LogP contribution in [0.15, 0.2) is 9.68 Å². The van der Waals surface area contributed by atoms with Crippen molar-refractivity contribution in [3.63, 3.8) is 0 Å². The Morgan fingerprint density at radius 2 is 2.24 bits per heavy atom. The fraction of sp³-hybridized carbons (Fsp3) is 0.583. The van der Waals surface area contributed by atoms with Gasteiger partial charge in [0.15, 0.2) is 5.82 Å². The normalized spacial score (nSPS) is 11.0. The number of carbonyl (C=O) groups is 1. The lowest BCUT2D eigenvalue weighted by atomic mass is 10.2. The van der Waals surface area contributed by atoms with Crippen LogP contribution in [0.2, 0.25) is 0 Å². The third-order valence-corrected chi connectivity index (χ3v) is 3.42. The molecule has 0 radical (unpaired) electrons. The first-order valence-corrected chi connectivity index (χ1v) is 7.64. The van der Waals surface area contributed by atoms with E-state index in [0.29, 0.717) is 29.8 Å². The molecule has 0 aromatic carbocycles. The molecular formula is C12H18N6O2S. The molecule has 0 unspecified atom stereocenters. The summed E-state index contributed by atoms with van der Waals surface area (Å²) in [5.41, 5.74) is 0. The maximum absolute atomic E-state index is 11.7. The highest BCUT2D eigenvalue weighted by molar-refractivity contribution is 7.99. The molecule has 114 valence electrons. The van der Waals surface area contributed by atoms with Gasteiger partial charge in [-0.25, -0.2) is 4.98 Å². The Kier molecular flexibility index (Phi) is 5.32. The van der Waals surface area contributed by atoms with Crippen molar-refractivity contribution >= 4 is 17.7 Å². The van der Waals surface area contributed by atoms with E-state index in [2.05, 4.69) is 30.6 Å². The number of nitrogens with zero attached hydrogens (tertiary/aromatic N) is 4. The average Bonchev–Trinajstić information content (AvgIpc) is 3.05. The van der Waals surface area contributed by atoms with Crippen molar-refractivity contribution in [1.82, 2.24) is 30.6 Å². The molecule has 8 nitrogen and oxygen atoms in total. The number of rotatable bonds is 7. The summed E-state index contributed by atoms with van der Waals surface area (Å²) in [5, 5.41) is 13.9. The molecule has 0 spiro atoms. The molecule has 0 aliphatic carbocycles. The third-order valence-electron chi connectivity index (χ3n) is 2.57. The first-order chi connectivity index (χ1) is 10.0. The number of nitrogens with one attached hydrogen (secondary N) is 2. The minimum absolute atomic E-state index is 0.0777. The zero-order valence-corrected chi connectivity index (χ0v) is 13.0. The van der Waals surface area contributed by atoms with E-state index in [0.717, 1.165) is 5.82 Å². The maximum atomic E-state index is 11.7. The first-order valence-electron chi connectivity index (χ1n) is 6.65. The lowest BCUT2D eigenvalue weighted by molar-refractivity contribution is -0.118. The zero-order chi connectivity index (χ0) is 15.2. The van der Waals surface area contributed by atoms with Crippen molar-refractivity contribution in [2.75, 3.05) is 12.3 Å². The summed E-state index contributed by atoms with van der Waals surface area (Å²) in [6.07, 6.45) is 0.524. The first kappa shape index (κ1) is 15.5. The minimum atomic E-state index is -0.0777. The van der Waals surface area contributed by atoms with Crippen LogP contribution in [0, 0.1) is 6.92 Å². The number of hydrogen-bond donors (Lipinski definition) is 2. The summed E-state index contributed by atoms with van der Waals surface area (Å²) in [6, 6.07) is 0. The van der Waals surface area contributed by atoms with E-state index < -0.39 is 0 Å². The fourth-order valence-electron chi connectivity index (χ4n) is 1.48. The molecule has 1 amide bonds. The van der Waals surface area contributed by atoms with Crippen LogP contribution in [0.1, 0.15) is 37.3 Å². The standard InChI is InChI=1S/C12H18N6O2S/c1-7(2)11-15-10(20-18-11)4-5-13-9(19)6-21-12-14-8(3)16-17-12/h7H,4-6H2,1-3H3,(H,13,19)(H,14,16,17). The second-order valence-electron chi connectivity index (χ2n) is 4.79. The van der Waals surface area contributed by atoms with E-state index in [1.807, 2.05) is 20.8 Å². The Labute approximate surface area is 126 Å². The number of aromatic nitrogens is 5. The average molecular weight is 310 g/mol. The molecular weight excluding hydrogens is 292 g/mol. The van der Waals surface area contributed by atoms with Gasteiger partial charge in [0, 0.05) is 18.9 Å². The van der Waals surface area contributed by atoms with E-state index in [1.54, 1.807) is 0 Å². The molecule has 0 atom stereocenters. The SMILES string of the molecule is Cc1nc(SCC(=O)NCCc2nc(C(C)C)no2)n[nH]1. The highest BCUT2D eigenvalue weighted by Gasteiger charge is 2.10. The van der Waals surface area contributed by atoms with Crippen LogP contribution >= 0.6 is 11.8 Å². The Balaban J connectivity index is 1.66. The highest BCUT2D eigenvalue weighted by Crippen LogP contribution is 2.11. The van der Waals surface area contributed by atoms with E-state index >= 15 is 0 Å². The quantitative estimate of drug-likeness (QED) is 0.736. The van der Waals surface area contributed by atoms with E-state index in [9.17, 15) is 4.79 Å². The largest absolute Gasteiger partial charge is 0.355 e. The van der Waals surface area contributed by atoms with Gasteiger partial charge < -0.3 is 9.84 Å². The van der Waals surface area contributed by atoms with Gasteiger partial charge in [0.05, 0.1) is 5.75 Å². The molecule has 0 saturated heterocycles. The predicted molar refractivity (Wildman–Crippen MR) is 76.9 cm³/mol. The van der Waals surface area contributed by atoms with Crippen molar-refractivity contribution in [2.45, 2.75) is 38.3 Å². The molecule has 0 fully saturated rings. The van der Waals surface area contributed by atoms with Crippen LogP contribution in [0.25, 0.3) is 0 Å². The van der Waals surface area contributed by atoms with Crippen molar-refractivity contribution < 1.29 is 9.32 Å². The lowest BCUT2D eigenvalue weighted by Crippen LogP contribution is -2.27. The van der Waals surface area contributed by atoms with Gasteiger partial charge in [0.2, 0.25) is 17.0 Å². The van der Waals surface area contributed by atoms with Gasteiger partial charge in [-0.1, -0.05) is 30.8 Å². The fourth-order valence-corrected chi connectivity index (χ4v) is 2.15. The molecule has 2 rings (SSSR count). The predicted octanol–water partition coefficient (Wildman–Crippen LogP) is 1.07. The molecule has 2 aromatic rings. The molecule has 2 N–H and O–H groups in total. The molecule has 0 saturated carbocycles. The zero-order valence-electron chi connectivity index (χ0n) is 12.2.